The van der Waals surface area contributed by atoms with Crippen molar-refractivity contribution in [2.75, 3.05) is 10.5 Å². The first kappa shape index (κ1) is 24.2. The number of hydrazone groups is 1. The van der Waals surface area contributed by atoms with Gasteiger partial charge in [0.1, 0.15) is 5.82 Å². The van der Waals surface area contributed by atoms with Gasteiger partial charge in [-0.15, -0.1) is 0 Å². The lowest BCUT2D eigenvalue weighted by Gasteiger charge is -2.23. The number of rotatable bonds is 7. The molecule has 7 nitrogen and oxygen atoms in total. The van der Waals surface area contributed by atoms with Crippen molar-refractivity contribution >= 4 is 43.0 Å². The molecule has 0 spiro atoms. The second kappa shape index (κ2) is 9.36. The largest absolute Gasteiger partial charge is 0.283 e. The fourth-order valence-corrected chi connectivity index (χ4v) is 5.84. The van der Waals surface area contributed by atoms with Crippen molar-refractivity contribution in [3.05, 3.63) is 94.8 Å². The Labute approximate surface area is 203 Å². The molecule has 0 aromatic heterocycles. The molecular weight excluding hydrogens is 501 g/mol. The van der Waals surface area contributed by atoms with Gasteiger partial charge >= 0.3 is 0 Å². The molecule has 1 heterocycles. The van der Waals surface area contributed by atoms with Gasteiger partial charge in [0.2, 0.25) is 10.0 Å². The number of hydrogen-bond donors (Lipinski definition) is 1. The van der Waals surface area contributed by atoms with E-state index in [4.69, 9.17) is 11.6 Å². The molecule has 4 rings (SSSR count). The number of hydrogen-bond acceptors (Lipinski definition) is 5. The molecule has 0 radical (unpaired) electrons. The highest BCUT2D eigenvalue weighted by atomic mass is 35.5. The van der Waals surface area contributed by atoms with Gasteiger partial charge in [0.05, 0.1) is 28.1 Å². The lowest BCUT2D eigenvalue weighted by molar-refractivity contribution is 0.362. The molecule has 0 aliphatic carbocycles. The second-order valence-corrected chi connectivity index (χ2v) is 11.8. The van der Waals surface area contributed by atoms with Gasteiger partial charge < -0.3 is 0 Å². The predicted molar refractivity (Wildman–Crippen MR) is 130 cm³/mol. The Morgan fingerprint density at radius 3 is 2.32 bits per heavy atom. The molecule has 0 amide bonds. The molecule has 3 aromatic carbocycles. The highest BCUT2D eigenvalue weighted by Gasteiger charge is 2.39. The number of nitrogens with one attached hydrogen (secondary N) is 1. The van der Waals surface area contributed by atoms with Crippen LogP contribution in [0, 0.1) is 5.82 Å². The monoisotopic (exact) mass is 521 g/mol. The van der Waals surface area contributed by atoms with Gasteiger partial charge in [0.25, 0.3) is 10.0 Å². The molecule has 1 N–H and O–H groups in total. The van der Waals surface area contributed by atoms with Gasteiger partial charge in [0.15, 0.2) is 0 Å². The van der Waals surface area contributed by atoms with Crippen molar-refractivity contribution in [3.63, 3.8) is 0 Å². The summed E-state index contributed by atoms with van der Waals surface area (Å²) in [6.45, 7) is 1.51. The SMILES string of the molecule is CCS(=O)(=O)Nc1ccccc1C1=NN(S(=O)(=O)c2ccc(Cl)cc2)C(c2ccccc2F)C1. The van der Waals surface area contributed by atoms with Crippen molar-refractivity contribution in [2.24, 2.45) is 5.10 Å². The first-order chi connectivity index (χ1) is 16.1. The zero-order valence-electron chi connectivity index (χ0n) is 18.0. The van der Waals surface area contributed by atoms with Crippen LogP contribution in [0.2, 0.25) is 5.02 Å². The van der Waals surface area contributed by atoms with Crippen molar-refractivity contribution < 1.29 is 21.2 Å². The van der Waals surface area contributed by atoms with Crippen molar-refractivity contribution in [1.29, 1.82) is 0 Å². The van der Waals surface area contributed by atoms with Gasteiger partial charge in [-0.2, -0.15) is 17.9 Å². The van der Waals surface area contributed by atoms with Crippen LogP contribution >= 0.6 is 11.6 Å². The van der Waals surface area contributed by atoms with E-state index in [0.717, 1.165) is 4.41 Å². The minimum Gasteiger partial charge on any atom is -0.283 e. The maximum Gasteiger partial charge on any atom is 0.279 e. The van der Waals surface area contributed by atoms with Crippen LogP contribution in [0.4, 0.5) is 10.1 Å². The van der Waals surface area contributed by atoms with E-state index in [1.807, 2.05) is 0 Å². The van der Waals surface area contributed by atoms with Crippen LogP contribution in [0.25, 0.3) is 0 Å². The maximum absolute atomic E-state index is 14.8. The van der Waals surface area contributed by atoms with Crippen LogP contribution in [0.3, 0.4) is 0 Å². The zero-order valence-corrected chi connectivity index (χ0v) is 20.4. The predicted octanol–water partition coefficient (Wildman–Crippen LogP) is 4.78. The highest BCUT2D eigenvalue weighted by molar-refractivity contribution is 7.92. The molecule has 0 saturated carbocycles. The molecule has 1 atom stereocenters. The summed E-state index contributed by atoms with van der Waals surface area (Å²) in [5.74, 6) is -0.705. The lowest BCUT2D eigenvalue weighted by Crippen LogP contribution is -2.27. The molecule has 0 saturated heterocycles. The summed E-state index contributed by atoms with van der Waals surface area (Å²) < 4.78 is 69.6. The third-order valence-corrected chi connectivity index (χ3v) is 8.62. The van der Waals surface area contributed by atoms with Crippen LogP contribution in [-0.4, -0.2) is 32.7 Å². The third kappa shape index (κ3) is 4.79. The topological polar surface area (TPSA) is 95.9 Å². The molecular formula is C23H21ClFN3O4S2. The van der Waals surface area contributed by atoms with E-state index in [1.165, 1.54) is 49.4 Å². The van der Waals surface area contributed by atoms with Gasteiger partial charge in [-0.1, -0.05) is 48.0 Å². The quantitative estimate of drug-likeness (QED) is 0.484. The first-order valence-electron chi connectivity index (χ1n) is 10.3. The number of anilines is 1. The van der Waals surface area contributed by atoms with Crippen molar-refractivity contribution in [2.45, 2.75) is 24.3 Å². The van der Waals surface area contributed by atoms with E-state index in [2.05, 4.69) is 9.82 Å². The van der Waals surface area contributed by atoms with E-state index in [-0.39, 0.29) is 28.3 Å². The Morgan fingerprint density at radius 2 is 1.65 bits per heavy atom. The summed E-state index contributed by atoms with van der Waals surface area (Å²) in [4.78, 5) is -0.0526. The van der Waals surface area contributed by atoms with Gasteiger partial charge in [-0.05, 0) is 43.3 Å². The zero-order chi connectivity index (χ0) is 24.5. The summed E-state index contributed by atoms with van der Waals surface area (Å²) in [6.07, 6.45) is 0.0403. The van der Waals surface area contributed by atoms with Crippen molar-refractivity contribution in [3.8, 4) is 0 Å². The van der Waals surface area contributed by atoms with E-state index in [1.54, 1.807) is 30.3 Å². The van der Waals surface area contributed by atoms with Crippen LogP contribution in [-0.2, 0) is 20.0 Å². The molecule has 0 bridgehead atoms. The van der Waals surface area contributed by atoms with E-state index in [0.29, 0.717) is 16.3 Å². The first-order valence-corrected chi connectivity index (χ1v) is 13.8. The molecule has 0 fully saturated rings. The average Bonchev–Trinajstić information content (AvgIpc) is 3.26. The summed E-state index contributed by atoms with van der Waals surface area (Å²) in [5, 5.41) is 4.74. The van der Waals surface area contributed by atoms with Gasteiger partial charge in [0, 0.05) is 22.6 Å². The van der Waals surface area contributed by atoms with E-state index < -0.39 is 31.9 Å². The van der Waals surface area contributed by atoms with Gasteiger partial charge in [-0.25, -0.2) is 12.8 Å². The third-order valence-electron chi connectivity index (χ3n) is 5.38. The Bertz CT molecular complexity index is 1460. The van der Waals surface area contributed by atoms with E-state index >= 15 is 0 Å². The fraction of sp³-hybridized carbons (Fsp3) is 0.174. The highest BCUT2D eigenvalue weighted by Crippen LogP contribution is 2.39. The molecule has 1 aliphatic heterocycles. The lowest BCUT2D eigenvalue weighted by atomic mass is 9.98. The number of halogens is 2. The van der Waals surface area contributed by atoms with Gasteiger partial charge in [-0.3, -0.25) is 4.72 Å². The fourth-order valence-electron chi connectivity index (χ4n) is 3.63. The van der Waals surface area contributed by atoms with Crippen LogP contribution < -0.4 is 4.72 Å². The van der Waals surface area contributed by atoms with Crippen LogP contribution in [0.1, 0.15) is 30.5 Å². The summed E-state index contributed by atoms with van der Waals surface area (Å²) in [7, 11) is -7.78. The average molecular weight is 522 g/mol. The molecule has 34 heavy (non-hydrogen) atoms. The molecule has 1 aliphatic rings. The Hall–Kier alpha value is -2.95. The Morgan fingerprint density at radius 1 is 1.00 bits per heavy atom. The minimum atomic E-state index is -4.18. The Balaban J connectivity index is 1.84. The summed E-state index contributed by atoms with van der Waals surface area (Å²) >= 11 is 5.91. The van der Waals surface area contributed by atoms with Crippen LogP contribution in [0.5, 0.6) is 0 Å². The Kier molecular flexibility index (Phi) is 6.66. The molecule has 3 aromatic rings. The summed E-state index contributed by atoms with van der Waals surface area (Å²) in [6, 6.07) is 17.1. The standard InChI is InChI=1S/C23H21ClFN3O4S2/c1-2-33(29,30)27-21-10-6-4-8-19(21)22-15-23(18-7-3-5-9-20(18)25)28(26-22)34(31,32)17-13-11-16(24)12-14-17/h3-14,23,27H,2,15H2,1H3. The maximum atomic E-state index is 14.8. The number of para-hydroxylation sites is 1. The molecule has 1 unspecified atom stereocenters. The molecule has 11 heteroatoms. The number of nitrogens with zero attached hydrogens (tertiary/aromatic N) is 2. The smallest absolute Gasteiger partial charge is 0.279 e. The minimum absolute atomic E-state index is 0.0403. The molecule has 178 valence electrons. The van der Waals surface area contributed by atoms with E-state index in [9.17, 15) is 21.2 Å². The van der Waals surface area contributed by atoms with Crippen molar-refractivity contribution in [1.82, 2.24) is 4.41 Å². The normalized spacial score (nSPS) is 16.4. The van der Waals surface area contributed by atoms with Crippen LogP contribution in [0.15, 0.2) is 82.8 Å². The number of sulfonamides is 2. The number of benzene rings is 3. The summed E-state index contributed by atoms with van der Waals surface area (Å²) in [5.41, 5.74) is 1.14. The second-order valence-electron chi connectivity index (χ2n) is 7.57.